The molecule has 1 aromatic heterocycles. The van der Waals surface area contributed by atoms with Crippen LogP contribution >= 0.6 is 0 Å². The molecule has 0 unspecified atom stereocenters. The van der Waals surface area contributed by atoms with E-state index in [0.29, 0.717) is 11.1 Å². The molecule has 1 heterocycles. The number of rotatable bonds is 4. The molecule has 0 fully saturated rings. The predicted molar refractivity (Wildman–Crippen MR) is 102 cm³/mol. The van der Waals surface area contributed by atoms with E-state index in [1.165, 1.54) is 0 Å². The lowest BCUT2D eigenvalue weighted by atomic mass is 10.2. The number of carbonyl (C=O) groups is 2. The highest BCUT2D eigenvalue weighted by molar-refractivity contribution is 5.95. The molecule has 0 atom stereocenters. The Bertz CT molecular complexity index is 985. The summed E-state index contributed by atoms with van der Waals surface area (Å²) in [6, 6.07) is 15.0. The second-order valence-electron chi connectivity index (χ2n) is 7.20. The normalized spacial score (nSPS) is 11.4. The van der Waals surface area contributed by atoms with Crippen LogP contribution in [0.2, 0.25) is 0 Å². The van der Waals surface area contributed by atoms with E-state index in [4.69, 9.17) is 9.47 Å². The van der Waals surface area contributed by atoms with Crippen LogP contribution in [0.5, 0.6) is 0 Å². The Morgan fingerprint density at radius 1 is 1.07 bits per heavy atom. The van der Waals surface area contributed by atoms with E-state index in [9.17, 15) is 9.59 Å². The van der Waals surface area contributed by atoms with Gasteiger partial charge >= 0.3 is 11.9 Å². The number of para-hydroxylation sites is 1. The summed E-state index contributed by atoms with van der Waals surface area (Å²) in [6.45, 7) is 6.75. The monoisotopic (exact) mass is 366 g/mol. The fraction of sp³-hybridized carbons (Fsp3) is 0.286. The van der Waals surface area contributed by atoms with Gasteiger partial charge in [-0.2, -0.15) is 0 Å². The van der Waals surface area contributed by atoms with E-state index in [-0.39, 0.29) is 0 Å². The number of aromatic nitrogens is 2. The quantitative estimate of drug-likeness (QED) is 0.656. The molecular formula is C21H22N2O4. The van der Waals surface area contributed by atoms with Crippen LogP contribution in [0.3, 0.4) is 0 Å². The first kappa shape index (κ1) is 18.6. The predicted octanol–water partition coefficient (Wildman–Crippen LogP) is 3.83. The van der Waals surface area contributed by atoms with Gasteiger partial charge in [0.2, 0.25) is 0 Å². The molecule has 6 heteroatoms. The Hall–Kier alpha value is -3.15. The van der Waals surface area contributed by atoms with Gasteiger partial charge in [-0.3, -0.25) is 4.57 Å². The summed E-state index contributed by atoms with van der Waals surface area (Å²) >= 11 is 0. The van der Waals surface area contributed by atoms with Gasteiger partial charge in [0.05, 0.1) is 16.6 Å². The third-order valence-corrected chi connectivity index (χ3v) is 3.81. The molecule has 0 saturated heterocycles. The molecule has 140 valence electrons. The molecule has 6 nitrogen and oxygen atoms in total. The standard InChI is InChI=1S/C21H22N2O4/c1-14-22-17-12-15(20(25)26-13-19(24)27-21(2,3)4)10-11-18(17)23(14)16-8-6-5-7-9-16/h5-12H,13H2,1-4H3. The number of benzene rings is 2. The van der Waals surface area contributed by atoms with Crippen molar-refractivity contribution in [1.29, 1.82) is 0 Å². The van der Waals surface area contributed by atoms with Crippen LogP contribution < -0.4 is 0 Å². The van der Waals surface area contributed by atoms with Crippen molar-refractivity contribution < 1.29 is 19.1 Å². The van der Waals surface area contributed by atoms with Gasteiger partial charge in [0, 0.05) is 5.69 Å². The van der Waals surface area contributed by atoms with Gasteiger partial charge in [-0.15, -0.1) is 0 Å². The van der Waals surface area contributed by atoms with Gasteiger partial charge in [-0.05, 0) is 58.0 Å². The maximum absolute atomic E-state index is 12.3. The lowest BCUT2D eigenvalue weighted by Gasteiger charge is -2.19. The largest absolute Gasteiger partial charge is 0.457 e. The number of imidazole rings is 1. The molecule has 0 bridgehead atoms. The van der Waals surface area contributed by atoms with Crippen molar-refractivity contribution in [2.75, 3.05) is 6.61 Å². The summed E-state index contributed by atoms with van der Waals surface area (Å²) in [6.07, 6.45) is 0. The Labute approximate surface area is 157 Å². The topological polar surface area (TPSA) is 70.4 Å². The van der Waals surface area contributed by atoms with Crippen molar-refractivity contribution in [3.63, 3.8) is 0 Å². The van der Waals surface area contributed by atoms with E-state index in [1.807, 2.05) is 47.9 Å². The first-order valence-corrected chi connectivity index (χ1v) is 8.68. The third-order valence-electron chi connectivity index (χ3n) is 3.81. The molecule has 0 spiro atoms. The maximum Gasteiger partial charge on any atom is 0.344 e. The van der Waals surface area contributed by atoms with Crippen molar-refractivity contribution in [3.05, 3.63) is 59.9 Å². The number of ether oxygens (including phenoxy) is 2. The van der Waals surface area contributed by atoms with Crippen LogP contribution in [-0.4, -0.2) is 33.7 Å². The van der Waals surface area contributed by atoms with Crippen LogP contribution in [-0.2, 0) is 14.3 Å². The first-order chi connectivity index (χ1) is 12.7. The summed E-state index contributed by atoms with van der Waals surface area (Å²) < 4.78 is 12.2. The fourth-order valence-corrected chi connectivity index (χ4v) is 2.81. The van der Waals surface area contributed by atoms with Crippen LogP contribution in [0, 0.1) is 6.92 Å². The minimum absolute atomic E-state index is 0.337. The van der Waals surface area contributed by atoms with Crippen LogP contribution in [0.15, 0.2) is 48.5 Å². The number of hydrogen-bond donors (Lipinski definition) is 0. The molecular weight excluding hydrogens is 344 g/mol. The van der Waals surface area contributed by atoms with Crippen molar-refractivity contribution in [2.45, 2.75) is 33.3 Å². The average Bonchev–Trinajstić information content (AvgIpc) is 2.93. The highest BCUT2D eigenvalue weighted by atomic mass is 16.6. The second-order valence-corrected chi connectivity index (χ2v) is 7.20. The zero-order valence-corrected chi connectivity index (χ0v) is 15.9. The van der Waals surface area contributed by atoms with Gasteiger partial charge in [0.15, 0.2) is 6.61 Å². The summed E-state index contributed by atoms with van der Waals surface area (Å²) in [5.74, 6) is -0.355. The minimum atomic E-state index is -0.621. The van der Waals surface area contributed by atoms with Crippen molar-refractivity contribution in [3.8, 4) is 5.69 Å². The summed E-state index contributed by atoms with van der Waals surface area (Å²) in [5, 5.41) is 0. The molecule has 0 amide bonds. The minimum Gasteiger partial charge on any atom is -0.457 e. The van der Waals surface area contributed by atoms with Crippen molar-refractivity contribution in [2.24, 2.45) is 0 Å². The number of aryl methyl sites for hydroxylation is 1. The van der Waals surface area contributed by atoms with Crippen molar-refractivity contribution >= 4 is 23.0 Å². The van der Waals surface area contributed by atoms with Gasteiger partial charge in [-0.25, -0.2) is 14.6 Å². The number of esters is 2. The summed E-state index contributed by atoms with van der Waals surface area (Å²) in [4.78, 5) is 28.5. The zero-order valence-electron chi connectivity index (χ0n) is 15.9. The van der Waals surface area contributed by atoms with Gasteiger partial charge < -0.3 is 9.47 Å². The average molecular weight is 366 g/mol. The number of nitrogens with zero attached hydrogens (tertiary/aromatic N) is 2. The van der Waals surface area contributed by atoms with Crippen molar-refractivity contribution in [1.82, 2.24) is 9.55 Å². The number of carbonyl (C=O) groups excluding carboxylic acids is 2. The maximum atomic E-state index is 12.3. The van der Waals surface area contributed by atoms with E-state index in [0.717, 1.165) is 17.0 Å². The van der Waals surface area contributed by atoms with E-state index in [2.05, 4.69) is 4.98 Å². The summed E-state index contributed by atoms with van der Waals surface area (Å²) in [5.41, 5.74) is 2.29. The lowest BCUT2D eigenvalue weighted by Crippen LogP contribution is -2.27. The molecule has 2 aromatic carbocycles. The number of hydrogen-bond acceptors (Lipinski definition) is 5. The highest BCUT2D eigenvalue weighted by Crippen LogP contribution is 2.22. The first-order valence-electron chi connectivity index (χ1n) is 8.68. The SMILES string of the molecule is Cc1nc2cc(C(=O)OCC(=O)OC(C)(C)C)ccc2n1-c1ccccc1. The molecule has 0 saturated carbocycles. The molecule has 0 aliphatic carbocycles. The Morgan fingerprint density at radius 3 is 2.44 bits per heavy atom. The number of fused-ring (bicyclic) bond motifs is 1. The molecule has 27 heavy (non-hydrogen) atoms. The smallest absolute Gasteiger partial charge is 0.344 e. The Balaban J connectivity index is 1.79. The molecule has 0 N–H and O–H groups in total. The third kappa shape index (κ3) is 4.34. The lowest BCUT2D eigenvalue weighted by molar-refractivity contribution is -0.158. The molecule has 3 rings (SSSR count). The van der Waals surface area contributed by atoms with Gasteiger partial charge in [0.25, 0.3) is 0 Å². The molecule has 0 radical (unpaired) electrons. The van der Waals surface area contributed by atoms with Gasteiger partial charge in [0.1, 0.15) is 11.4 Å². The Morgan fingerprint density at radius 2 is 1.78 bits per heavy atom. The molecule has 0 aliphatic heterocycles. The van der Waals surface area contributed by atoms with E-state index < -0.39 is 24.1 Å². The summed E-state index contributed by atoms with van der Waals surface area (Å²) in [7, 11) is 0. The van der Waals surface area contributed by atoms with E-state index in [1.54, 1.807) is 32.9 Å². The van der Waals surface area contributed by atoms with E-state index >= 15 is 0 Å². The highest BCUT2D eigenvalue weighted by Gasteiger charge is 2.19. The van der Waals surface area contributed by atoms with Crippen LogP contribution in [0.1, 0.15) is 37.0 Å². The van der Waals surface area contributed by atoms with Gasteiger partial charge in [-0.1, -0.05) is 18.2 Å². The molecule has 0 aliphatic rings. The van der Waals surface area contributed by atoms with Crippen LogP contribution in [0.4, 0.5) is 0 Å². The second kappa shape index (κ2) is 7.23. The molecule has 3 aromatic rings. The zero-order chi connectivity index (χ0) is 19.6. The van der Waals surface area contributed by atoms with Crippen LogP contribution in [0.25, 0.3) is 16.7 Å². The Kier molecular flexibility index (Phi) is 4.99. The fourth-order valence-electron chi connectivity index (χ4n) is 2.81.